The molecule has 1 N–H and O–H groups in total. The largest absolute Gasteiger partial charge is 0.408 e. The number of nitrogens with zero attached hydrogens (tertiary/aromatic N) is 2. The van der Waals surface area contributed by atoms with Crippen molar-refractivity contribution in [3.63, 3.8) is 0 Å². The lowest BCUT2D eigenvalue weighted by molar-refractivity contribution is 0.0714. The molecule has 0 unspecified atom stereocenters. The molecule has 1 aromatic rings. The van der Waals surface area contributed by atoms with Crippen LogP contribution in [0.5, 0.6) is 0 Å². The van der Waals surface area contributed by atoms with Crippen LogP contribution in [0.15, 0.2) is 29.6 Å². The monoisotopic (exact) mass is 166 g/mol. The van der Waals surface area contributed by atoms with Crippen molar-refractivity contribution >= 4 is 12.4 Å². The number of carbonyl (C=O) groups is 1. The van der Waals surface area contributed by atoms with Crippen molar-refractivity contribution in [2.45, 2.75) is 0 Å². The second kappa shape index (κ2) is 4.07. The molecule has 0 aliphatic heterocycles. The summed E-state index contributed by atoms with van der Waals surface area (Å²) in [6, 6.07) is 4.82. The molecule has 0 aliphatic carbocycles. The number of pyridine rings is 1. The second-order valence-electron chi connectivity index (χ2n) is 1.84. The van der Waals surface area contributed by atoms with E-state index in [1.165, 1.54) is 12.3 Å². The van der Waals surface area contributed by atoms with E-state index in [-0.39, 0.29) is 5.69 Å². The predicted octanol–water partition coefficient (Wildman–Crippen LogP) is 0.656. The molecular weight excluding hydrogens is 160 g/mol. The van der Waals surface area contributed by atoms with Crippen molar-refractivity contribution in [1.82, 2.24) is 4.98 Å². The highest BCUT2D eigenvalue weighted by atomic mass is 16.6. The Kier molecular flexibility index (Phi) is 2.78. The van der Waals surface area contributed by atoms with Gasteiger partial charge in [0.05, 0.1) is 0 Å². The van der Waals surface area contributed by atoms with Gasteiger partial charge < -0.3 is 9.94 Å². The number of oxime groups is 1. The minimum absolute atomic E-state index is 0.164. The minimum atomic E-state index is -0.659. The number of rotatable bonds is 2. The van der Waals surface area contributed by atoms with Gasteiger partial charge in [-0.25, -0.2) is 9.78 Å². The molecule has 12 heavy (non-hydrogen) atoms. The summed E-state index contributed by atoms with van der Waals surface area (Å²) in [7, 11) is 0. The molecule has 0 saturated heterocycles. The summed E-state index contributed by atoms with van der Waals surface area (Å²) in [4.78, 5) is 14.6. The average Bonchev–Trinajstić information content (AvgIpc) is 2.15. The number of ether oxygens (including phenoxy) is 1. The van der Waals surface area contributed by atoms with E-state index in [1.54, 1.807) is 12.1 Å². The van der Waals surface area contributed by atoms with Crippen LogP contribution in [-0.4, -0.2) is 22.6 Å². The lowest BCUT2D eigenvalue weighted by Crippen LogP contribution is -2.05. The minimum Gasteiger partial charge on any atom is -0.408 e. The van der Waals surface area contributed by atoms with Crippen LogP contribution in [0.3, 0.4) is 0 Å². The highest BCUT2D eigenvalue weighted by Gasteiger charge is 2.05. The molecule has 1 rings (SSSR count). The average molecular weight is 166 g/mol. The van der Waals surface area contributed by atoms with Crippen molar-refractivity contribution in [2.75, 3.05) is 0 Å². The molecule has 0 radical (unpaired) electrons. The molecule has 0 atom stereocenters. The van der Waals surface area contributed by atoms with Gasteiger partial charge in [0, 0.05) is 6.20 Å². The van der Waals surface area contributed by atoms with Gasteiger partial charge in [-0.15, -0.1) is 0 Å². The standard InChI is InChI=1S/C7H6N2O3/c10-7(12-5-9-11)6-3-1-2-4-8-6/h1-5,11H. The molecule has 5 nitrogen and oxygen atoms in total. The van der Waals surface area contributed by atoms with Crippen molar-refractivity contribution < 1.29 is 14.7 Å². The number of aromatic nitrogens is 1. The lowest BCUT2D eigenvalue weighted by Gasteiger charge is -1.94. The summed E-state index contributed by atoms with van der Waals surface area (Å²) in [5.74, 6) is -0.659. The van der Waals surface area contributed by atoms with Gasteiger partial charge in [0.15, 0.2) is 0 Å². The summed E-state index contributed by atoms with van der Waals surface area (Å²) in [6.45, 7) is 0. The molecule has 0 spiro atoms. The quantitative estimate of drug-likeness (QED) is 0.230. The fourth-order valence-corrected chi connectivity index (χ4v) is 0.615. The molecule has 5 heteroatoms. The zero-order valence-electron chi connectivity index (χ0n) is 6.04. The van der Waals surface area contributed by atoms with E-state index in [2.05, 4.69) is 14.9 Å². The van der Waals surface area contributed by atoms with Crippen LogP contribution < -0.4 is 0 Å². The zero-order valence-corrected chi connectivity index (χ0v) is 6.04. The van der Waals surface area contributed by atoms with E-state index in [0.717, 1.165) is 0 Å². The first-order chi connectivity index (χ1) is 5.84. The molecule has 1 aromatic heterocycles. The fraction of sp³-hybridized carbons (Fsp3) is 0. The summed E-state index contributed by atoms with van der Waals surface area (Å²) in [5, 5.41) is 10.4. The van der Waals surface area contributed by atoms with E-state index in [9.17, 15) is 4.79 Å². The maximum atomic E-state index is 10.9. The first-order valence-electron chi connectivity index (χ1n) is 3.12. The molecule has 0 amide bonds. The third kappa shape index (κ3) is 2.05. The van der Waals surface area contributed by atoms with Crippen LogP contribution in [0.4, 0.5) is 0 Å². The van der Waals surface area contributed by atoms with Gasteiger partial charge in [0.1, 0.15) is 5.69 Å². The number of hydrogen-bond donors (Lipinski definition) is 1. The van der Waals surface area contributed by atoms with Crippen molar-refractivity contribution in [1.29, 1.82) is 0 Å². The maximum absolute atomic E-state index is 10.9. The Labute approximate surface area is 68.3 Å². The van der Waals surface area contributed by atoms with Crippen LogP contribution in [0.1, 0.15) is 10.5 Å². The van der Waals surface area contributed by atoms with Gasteiger partial charge in [-0.2, -0.15) is 0 Å². The molecular formula is C7H6N2O3. The molecule has 0 bridgehead atoms. The van der Waals surface area contributed by atoms with Crippen molar-refractivity contribution in [2.24, 2.45) is 5.16 Å². The zero-order chi connectivity index (χ0) is 8.81. The third-order valence-electron chi connectivity index (χ3n) is 1.08. The normalized spacial score (nSPS) is 10.0. The van der Waals surface area contributed by atoms with Gasteiger partial charge in [-0.1, -0.05) is 11.2 Å². The number of hydrogen-bond acceptors (Lipinski definition) is 5. The Hall–Kier alpha value is -1.91. The first-order valence-corrected chi connectivity index (χ1v) is 3.12. The van der Waals surface area contributed by atoms with Crippen LogP contribution in [-0.2, 0) is 4.74 Å². The van der Waals surface area contributed by atoms with Crippen LogP contribution in [0.25, 0.3) is 0 Å². The van der Waals surface area contributed by atoms with Crippen LogP contribution in [0, 0.1) is 0 Å². The summed E-state index contributed by atoms with van der Waals surface area (Å²) in [5.41, 5.74) is 0.164. The Morgan fingerprint density at radius 2 is 2.50 bits per heavy atom. The second-order valence-corrected chi connectivity index (χ2v) is 1.84. The number of carbonyl (C=O) groups excluding carboxylic acids is 1. The van der Waals surface area contributed by atoms with Crippen LogP contribution >= 0.6 is 0 Å². The molecule has 0 aliphatic rings. The van der Waals surface area contributed by atoms with E-state index in [1.807, 2.05) is 0 Å². The molecule has 0 fully saturated rings. The van der Waals surface area contributed by atoms with Crippen molar-refractivity contribution in [3.05, 3.63) is 30.1 Å². The predicted molar refractivity (Wildman–Crippen MR) is 39.9 cm³/mol. The smallest absolute Gasteiger partial charge is 0.363 e. The summed E-state index contributed by atoms with van der Waals surface area (Å²) >= 11 is 0. The van der Waals surface area contributed by atoms with Gasteiger partial charge in [-0.3, -0.25) is 0 Å². The Morgan fingerprint density at radius 1 is 1.67 bits per heavy atom. The van der Waals surface area contributed by atoms with Crippen molar-refractivity contribution in [3.8, 4) is 0 Å². The first kappa shape index (κ1) is 8.19. The fourth-order valence-electron chi connectivity index (χ4n) is 0.615. The van der Waals surface area contributed by atoms with Gasteiger partial charge in [0.25, 0.3) is 0 Å². The van der Waals surface area contributed by atoms with E-state index < -0.39 is 5.97 Å². The summed E-state index contributed by atoms with van der Waals surface area (Å²) < 4.78 is 4.33. The highest BCUT2D eigenvalue weighted by Crippen LogP contribution is 1.94. The SMILES string of the molecule is O=C(OC=NO)c1ccccn1. The van der Waals surface area contributed by atoms with Gasteiger partial charge >= 0.3 is 5.97 Å². The molecule has 62 valence electrons. The van der Waals surface area contributed by atoms with E-state index in [0.29, 0.717) is 6.40 Å². The van der Waals surface area contributed by atoms with E-state index in [4.69, 9.17) is 5.21 Å². The molecule has 0 saturated carbocycles. The Bertz CT molecular complexity index is 284. The Morgan fingerprint density at radius 3 is 3.08 bits per heavy atom. The van der Waals surface area contributed by atoms with Gasteiger partial charge in [0.2, 0.25) is 6.40 Å². The van der Waals surface area contributed by atoms with Gasteiger partial charge in [-0.05, 0) is 12.1 Å². The van der Waals surface area contributed by atoms with Crippen LogP contribution in [0.2, 0.25) is 0 Å². The van der Waals surface area contributed by atoms with E-state index >= 15 is 0 Å². The molecule has 1 heterocycles. The number of esters is 1. The molecule has 0 aromatic carbocycles. The highest BCUT2D eigenvalue weighted by molar-refractivity contribution is 5.91. The summed E-state index contributed by atoms with van der Waals surface area (Å²) in [6.07, 6.45) is 2.10. The third-order valence-corrected chi connectivity index (χ3v) is 1.08. The topological polar surface area (TPSA) is 71.8 Å². The lowest BCUT2D eigenvalue weighted by atomic mass is 10.4. The maximum Gasteiger partial charge on any atom is 0.363 e. The Balaban J connectivity index is 2.66.